The molecule has 0 bridgehead atoms. The lowest BCUT2D eigenvalue weighted by Crippen LogP contribution is -2.26. The number of pyridine rings is 1. The first kappa shape index (κ1) is 15.7. The van der Waals surface area contributed by atoms with Gasteiger partial charge in [-0.1, -0.05) is 28.1 Å². The Kier molecular flexibility index (Phi) is 3.93. The minimum absolute atomic E-state index is 0.0937. The van der Waals surface area contributed by atoms with Crippen LogP contribution in [0.2, 0.25) is 0 Å². The molecule has 0 spiro atoms. The van der Waals surface area contributed by atoms with Crippen molar-refractivity contribution in [3.8, 4) is 0 Å². The molecule has 0 aliphatic rings. The highest BCUT2D eigenvalue weighted by Gasteiger charge is 2.33. The van der Waals surface area contributed by atoms with Crippen molar-refractivity contribution in [2.75, 3.05) is 0 Å². The molecule has 3 aromatic rings. The maximum atomic E-state index is 12.7. The molecule has 2 heterocycles. The van der Waals surface area contributed by atoms with E-state index < -0.39 is 17.4 Å². The predicted octanol–water partition coefficient (Wildman–Crippen LogP) is 3.62. The second-order valence-corrected chi connectivity index (χ2v) is 5.67. The van der Waals surface area contributed by atoms with Crippen LogP contribution in [0.15, 0.2) is 51.9 Å². The highest BCUT2D eigenvalue weighted by molar-refractivity contribution is 9.10. The molecule has 0 fully saturated rings. The summed E-state index contributed by atoms with van der Waals surface area (Å²) in [7, 11) is 0. The summed E-state index contributed by atoms with van der Waals surface area (Å²) in [6, 6.07) is 8.59. The largest absolute Gasteiger partial charge is 0.435 e. The van der Waals surface area contributed by atoms with Crippen LogP contribution in [-0.4, -0.2) is 14.8 Å². The maximum Gasteiger partial charge on any atom is 0.435 e. The molecule has 0 saturated carbocycles. The van der Waals surface area contributed by atoms with E-state index in [1.54, 1.807) is 24.4 Å². The van der Waals surface area contributed by atoms with Crippen molar-refractivity contribution >= 4 is 26.8 Å². The Labute approximate surface area is 136 Å². The molecule has 0 unspecified atom stereocenters. The number of nitrogens with zero attached hydrogens (tertiary/aromatic N) is 3. The monoisotopic (exact) mass is 383 g/mol. The van der Waals surface area contributed by atoms with E-state index in [2.05, 4.69) is 26.0 Å². The van der Waals surface area contributed by atoms with E-state index in [0.29, 0.717) is 17.1 Å². The first-order valence-corrected chi connectivity index (χ1v) is 7.33. The second kappa shape index (κ2) is 5.77. The summed E-state index contributed by atoms with van der Waals surface area (Å²) in [5.74, 6) is 0. The van der Waals surface area contributed by atoms with Crippen molar-refractivity contribution in [3.63, 3.8) is 0 Å². The number of alkyl halides is 3. The van der Waals surface area contributed by atoms with Crippen LogP contribution < -0.4 is 5.56 Å². The lowest BCUT2D eigenvalue weighted by atomic mass is 10.1. The van der Waals surface area contributed by atoms with Crippen molar-refractivity contribution < 1.29 is 13.2 Å². The SMILES string of the molecule is O=c1ccc(C(F)(F)F)nn1Cc1ccc(Br)c2cccnc12. The number of halogens is 4. The fourth-order valence-electron chi connectivity index (χ4n) is 2.20. The van der Waals surface area contributed by atoms with Crippen LogP contribution in [0.3, 0.4) is 0 Å². The zero-order valence-electron chi connectivity index (χ0n) is 11.5. The number of rotatable bonds is 2. The molecule has 23 heavy (non-hydrogen) atoms. The van der Waals surface area contributed by atoms with Crippen LogP contribution in [-0.2, 0) is 12.7 Å². The summed E-state index contributed by atoms with van der Waals surface area (Å²) in [4.78, 5) is 16.1. The van der Waals surface area contributed by atoms with Gasteiger partial charge in [0.1, 0.15) is 0 Å². The maximum absolute atomic E-state index is 12.7. The molecule has 4 nitrogen and oxygen atoms in total. The Bertz CT molecular complexity index is 937. The quantitative estimate of drug-likeness (QED) is 0.678. The summed E-state index contributed by atoms with van der Waals surface area (Å²) >= 11 is 3.40. The van der Waals surface area contributed by atoms with Gasteiger partial charge in [-0.2, -0.15) is 18.3 Å². The molecular weight excluding hydrogens is 375 g/mol. The highest BCUT2D eigenvalue weighted by atomic mass is 79.9. The Morgan fingerprint density at radius 2 is 1.91 bits per heavy atom. The van der Waals surface area contributed by atoms with E-state index in [9.17, 15) is 18.0 Å². The molecule has 2 aromatic heterocycles. The van der Waals surface area contributed by atoms with E-state index in [4.69, 9.17) is 0 Å². The fourth-order valence-corrected chi connectivity index (χ4v) is 2.65. The standard InChI is InChI=1S/C15H9BrF3N3O/c16-11-4-3-9(14-10(11)2-1-7-20-14)8-22-13(23)6-5-12(21-22)15(17,18)19/h1-7H,8H2. The Balaban J connectivity index is 2.10. The number of fused-ring (bicyclic) bond motifs is 1. The average molecular weight is 384 g/mol. The number of hydrogen-bond donors (Lipinski definition) is 0. The van der Waals surface area contributed by atoms with Gasteiger partial charge in [0.05, 0.1) is 12.1 Å². The fraction of sp³-hybridized carbons (Fsp3) is 0.133. The zero-order chi connectivity index (χ0) is 16.6. The van der Waals surface area contributed by atoms with Crippen LogP contribution in [0, 0.1) is 0 Å². The highest BCUT2D eigenvalue weighted by Crippen LogP contribution is 2.27. The minimum Gasteiger partial charge on any atom is -0.268 e. The molecule has 0 N–H and O–H groups in total. The summed E-state index contributed by atoms with van der Waals surface area (Å²) in [5, 5.41) is 4.22. The summed E-state index contributed by atoms with van der Waals surface area (Å²) in [6.45, 7) is -0.0937. The Morgan fingerprint density at radius 3 is 2.65 bits per heavy atom. The van der Waals surface area contributed by atoms with E-state index in [1.165, 1.54) is 0 Å². The predicted molar refractivity (Wildman–Crippen MR) is 82.0 cm³/mol. The lowest BCUT2D eigenvalue weighted by molar-refractivity contribution is -0.142. The smallest absolute Gasteiger partial charge is 0.268 e. The van der Waals surface area contributed by atoms with E-state index in [-0.39, 0.29) is 6.54 Å². The molecule has 3 rings (SSSR count). The van der Waals surface area contributed by atoms with Crippen LogP contribution in [0.1, 0.15) is 11.3 Å². The van der Waals surface area contributed by atoms with Gasteiger partial charge in [-0.25, -0.2) is 4.68 Å². The molecule has 0 radical (unpaired) electrons. The topological polar surface area (TPSA) is 47.8 Å². The van der Waals surface area contributed by atoms with Gasteiger partial charge in [-0.05, 0) is 18.2 Å². The number of hydrogen-bond acceptors (Lipinski definition) is 3. The van der Waals surface area contributed by atoms with Crippen LogP contribution in [0.25, 0.3) is 10.9 Å². The summed E-state index contributed by atoms with van der Waals surface area (Å²) in [6.07, 6.45) is -3.02. The number of aromatic nitrogens is 3. The molecule has 8 heteroatoms. The van der Waals surface area contributed by atoms with Crippen LogP contribution in [0.5, 0.6) is 0 Å². The molecule has 0 aliphatic carbocycles. The lowest BCUT2D eigenvalue weighted by Gasteiger charge is -2.11. The average Bonchev–Trinajstić information content (AvgIpc) is 2.51. The third-order valence-electron chi connectivity index (χ3n) is 3.28. The normalized spacial score (nSPS) is 11.8. The zero-order valence-corrected chi connectivity index (χ0v) is 13.1. The van der Waals surface area contributed by atoms with Crippen molar-refractivity contribution in [1.82, 2.24) is 14.8 Å². The Hall–Kier alpha value is -2.22. The first-order chi connectivity index (χ1) is 10.9. The van der Waals surface area contributed by atoms with Crippen molar-refractivity contribution in [2.24, 2.45) is 0 Å². The molecule has 0 aliphatic heterocycles. The van der Waals surface area contributed by atoms with Crippen molar-refractivity contribution in [2.45, 2.75) is 12.7 Å². The third-order valence-corrected chi connectivity index (χ3v) is 3.97. The van der Waals surface area contributed by atoms with Gasteiger partial charge in [-0.15, -0.1) is 0 Å². The first-order valence-electron chi connectivity index (χ1n) is 6.54. The van der Waals surface area contributed by atoms with Gasteiger partial charge in [0.25, 0.3) is 5.56 Å². The van der Waals surface area contributed by atoms with Gasteiger partial charge in [0, 0.05) is 27.7 Å². The second-order valence-electron chi connectivity index (χ2n) is 4.82. The van der Waals surface area contributed by atoms with E-state index >= 15 is 0 Å². The summed E-state index contributed by atoms with van der Waals surface area (Å²) in [5.41, 5.74) is -0.498. The van der Waals surface area contributed by atoms with E-state index in [1.807, 2.05) is 6.07 Å². The third kappa shape index (κ3) is 3.12. The molecule has 0 saturated heterocycles. The van der Waals surface area contributed by atoms with Gasteiger partial charge < -0.3 is 0 Å². The molecular formula is C15H9BrF3N3O. The van der Waals surface area contributed by atoms with Gasteiger partial charge >= 0.3 is 6.18 Å². The van der Waals surface area contributed by atoms with Gasteiger partial charge in [0.2, 0.25) is 0 Å². The molecule has 0 amide bonds. The Morgan fingerprint density at radius 1 is 1.13 bits per heavy atom. The van der Waals surface area contributed by atoms with Gasteiger partial charge in [0.15, 0.2) is 5.69 Å². The molecule has 0 atom stereocenters. The molecule has 1 aromatic carbocycles. The van der Waals surface area contributed by atoms with Crippen molar-refractivity contribution in [1.29, 1.82) is 0 Å². The van der Waals surface area contributed by atoms with Crippen molar-refractivity contribution in [3.05, 3.63) is 68.7 Å². The summed E-state index contributed by atoms with van der Waals surface area (Å²) < 4.78 is 39.8. The molecule has 118 valence electrons. The minimum atomic E-state index is -4.60. The van der Waals surface area contributed by atoms with Crippen LogP contribution in [0.4, 0.5) is 13.2 Å². The van der Waals surface area contributed by atoms with Gasteiger partial charge in [-0.3, -0.25) is 9.78 Å². The number of benzene rings is 1. The van der Waals surface area contributed by atoms with Crippen LogP contribution >= 0.6 is 15.9 Å². The van der Waals surface area contributed by atoms with E-state index in [0.717, 1.165) is 20.6 Å².